The van der Waals surface area contributed by atoms with Gasteiger partial charge in [0.1, 0.15) is 0 Å². The number of thioether (sulfide) groups is 1. The van der Waals surface area contributed by atoms with Crippen LogP contribution in [0, 0.1) is 0 Å². The van der Waals surface area contributed by atoms with Crippen LogP contribution in [-0.4, -0.2) is 37.9 Å². The number of carbonyl (C=O) groups is 1. The van der Waals surface area contributed by atoms with E-state index in [2.05, 4.69) is 26.9 Å². The average Bonchev–Trinajstić information content (AvgIpc) is 3.11. The Labute approximate surface area is 152 Å². The normalized spacial score (nSPS) is 15.5. The second kappa shape index (κ2) is 8.80. The summed E-state index contributed by atoms with van der Waals surface area (Å²) in [6.45, 7) is 2.57. The molecule has 0 saturated heterocycles. The van der Waals surface area contributed by atoms with Gasteiger partial charge in [-0.1, -0.05) is 41.6 Å². The van der Waals surface area contributed by atoms with Crippen molar-refractivity contribution in [3.63, 3.8) is 0 Å². The summed E-state index contributed by atoms with van der Waals surface area (Å²) in [6.07, 6.45) is 8.18. The van der Waals surface area contributed by atoms with E-state index >= 15 is 0 Å². The standard InChI is InChI=1S/C18H23N5OS/c1-14(17(24)19-13-12-15-8-4-2-5-9-15)25-18-20-21-22-23(18)16-10-6-3-7-11-16/h3,6-8,10-11,14H,2,4-5,9,12-13H2,1H3,(H,19,24). The van der Waals surface area contributed by atoms with Gasteiger partial charge in [-0.05, 0) is 61.6 Å². The summed E-state index contributed by atoms with van der Waals surface area (Å²) in [7, 11) is 0. The zero-order valence-corrected chi connectivity index (χ0v) is 15.2. The molecule has 1 aromatic carbocycles. The molecule has 3 rings (SSSR count). The molecule has 132 valence electrons. The fourth-order valence-corrected chi connectivity index (χ4v) is 3.65. The van der Waals surface area contributed by atoms with Crippen molar-refractivity contribution >= 4 is 17.7 Å². The monoisotopic (exact) mass is 357 g/mol. The van der Waals surface area contributed by atoms with Gasteiger partial charge in [-0.15, -0.1) is 5.10 Å². The largest absolute Gasteiger partial charge is 0.355 e. The molecule has 1 N–H and O–H groups in total. The second-order valence-corrected chi connectivity index (χ2v) is 7.43. The predicted molar refractivity (Wildman–Crippen MR) is 98.7 cm³/mol. The lowest BCUT2D eigenvalue weighted by atomic mass is 9.97. The highest BCUT2D eigenvalue weighted by molar-refractivity contribution is 8.00. The van der Waals surface area contributed by atoms with E-state index in [0.717, 1.165) is 12.1 Å². The molecule has 1 atom stereocenters. The molecule has 0 radical (unpaired) electrons. The molecular formula is C18H23N5OS. The number of hydrogen-bond donors (Lipinski definition) is 1. The molecule has 0 saturated carbocycles. The number of para-hydroxylation sites is 1. The van der Waals surface area contributed by atoms with Gasteiger partial charge in [-0.2, -0.15) is 4.68 Å². The maximum atomic E-state index is 12.3. The topological polar surface area (TPSA) is 72.7 Å². The Hall–Kier alpha value is -2.15. The number of benzene rings is 1. The third kappa shape index (κ3) is 4.92. The van der Waals surface area contributed by atoms with Crippen LogP contribution in [0.3, 0.4) is 0 Å². The van der Waals surface area contributed by atoms with Crippen LogP contribution in [0.25, 0.3) is 5.69 Å². The van der Waals surface area contributed by atoms with E-state index in [1.165, 1.54) is 43.0 Å². The number of tetrazole rings is 1. The first-order chi connectivity index (χ1) is 12.2. The minimum Gasteiger partial charge on any atom is -0.355 e. The van der Waals surface area contributed by atoms with Crippen LogP contribution in [0.2, 0.25) is 0 Å². The van der Waals surface area contributed by atoms with Crippen molar-refractivity contribution in [2.45, 2.75) is 49.4 Å². The molecule has 7 heteroatoms. The quantitative estimate of drug-likeness (QED) is 0.609. The number of hydrogen-bond acceptors (Lipinski definition) is 5. The fraction of sp³-hybridized carbons (Fsp3) is 0.444. The first kappa shape index (κ1) is 17.7. The van der Waals surface area contributed by atoms with Gasteiger partial charge in [-0.25, -0.2) is 0 Å². The van der Waals surface area contributed by atoms with Crippen molar-refractivity contribution in [2.24, 2.45) is 0 Å². The molecule has 1 aromatic heterocycles. The molecule has 1 aliphatic rings. The van der Waals surface area contributed by atoms with Crippen molar-refractivity contribution in [2.75, 3.05) is 6.54 Å². The Balaban J connectivity index is 1.52. The van der Waals surface area contributed by atoms with Gasteiger partial charge < -0.3 is 5.32 Å². The lowest BCUT2D eigenvalue weighted by Crippen LogP contribution is -2.32. The highest BCUT2D eigenvalue weighted by Gasteiger charge is 2.19. The van der Waals surface area contributed by atoms with Gasteiger partial charge in [-0.3, -0.25) is 4.79 Å². The number of aromatic nitrogens is 4. The number of carbonyl (C=O) groups excluding carboxylic acids is 1. The van der Waals surface area contributed by atoms with E-state index in [4.69, 9.17) is 0 Å². The lowest BCUT2D eigenvalue weighted by molar-refractivity contribution is -0.120. The van der Waals surface area contributed by atoms with Gasteiger partial charge >= 0.3 is 0 Å². The van der Waals surface area contributed by atoms with Crippen LogP contribution in [-0.2, 0) is 4.79 Å². The highest BCUT2D eigenvalue weighted by atomic mass is 32.2. The van der Waals surface area contributed by atoms with Crippen LogP contribution >= 0.6 is 11.8 Å². The van der Waals surface area contributed by atoms with Gasteiger partial charge in [0, 0.05) is 6.54 Å². The van der Waals surface area contributed by atoms with Crippen molar-refractivity contribution in [3.8, 4) is 5.69 Å². The van der Waals surface area contributed by atoms with Crippen molar-refractivity contribution < 1.29 is 4.79 Å². The predicted octanol–water partition coefficient (Wildman–Crippen LogP) is 3.15. The molecule has 25 heavy (non-hydrogen) atoms. The number of nitrogens with zero attached hydrogens (tertiary/aromatic N) is 4. The Morgan fingerprint density at radius 1 is 1.32 bits per heavy atom. The summed E-state index contributed by atoms with van der Waals surface area (Å²) < 4.78 is 1.65. The molecule has 0 bridgehead atoms. The van der Waals surface area contributed by atoms with Gasteiger partial charge in [0.2, 0.25) is 11.1 Å². The fourth-order valence-electron chi connectivity index (χ4n) is 2.82. The van der Waals surface area contributed by atoms with Gasteiger partial charge in [0.15, 0.2) is 0 Å². The molecular weight excluding hydrogens is 334 g/mol. The Morgan fingerprint density at radius 2 is 2.16 bits per heavy atom. The van der Waals surface area contributed by atoms with E-state index in [-0.39, 0.29) is 11.2 Å². The maximum absolute atomic E-state index is 12.3. The molecule has 0 spiro atoms. The van der Waals surface area contributed by atoms with E-state index in [9.17, 15) is 4.79 Å². The molecule has 0 fully saturated rings. The number of amides is 1. The number of allylic oxidation sites excluding steroid dienone is 1. The van der Waals surface area contributed by atoms with E-state index < -0.39 is 0 Å². The first-order valence-electron chi connectivity index (χ1n) is 8.70. The summed E-state index contributed by atoms with van der Waals surface area (Å²) in [6, 6.07) is 9.67. The number of nitrogens with one attached hydrogen (secondary N) is 1. The van der Waals surface area contributed by atoms with Crippen LogP contribution in [0.1, 0.15) is 39.0 Å². The van der Waals surface area contributed by atoms with E-state index in [1.54, 1.807) is 4.68 Å². The summed E-state index contributed by atoms with van der Waals surface area (Å²) in [5.41, 5.74) is 2.35. The molecule has 1 amide bonds. The zero-order chi connectivity index (χ0) is 17.5. The molecule has 2 aromatic rings. The zero-order valence-electron chi connectivity index (χ0n) is 14.4. The molecule has 0 aliphatic heterocycles. The van der Waals surface area contributed by atoms with E-state index in [0.29, 0.717) is 11.7 Å². The minimum absolute atomic E-state index is 0.0176. The maximum Gasteiger partial charge on any atom is 0.233 e. The van der Waals surface area contributed by atoms with E-state index in [1.807, 2.05) is 37.3 Å². The summed E-state index contributed by atoms with van der Waals surface area (Å²) >= 11 is 1.37. The number of rotatable bonds is 7. The Morgan fingerprint density at radius 3 is 2.92 bits per heavy atom. The SMILES string of the molecule is CC(Sc1nnnn1-c1ccccc1)C(=O)NCCC1=CCCCC1. The van der Waals surface area contributed by atoms with Gasteiger partial charge in [0.05, 0.1) is 10.9 Å². The second-order valence-electron chi connectivity index (χ2n) is 6.12. The lowest BCUT2D eigenvalue weighted by Gasteiger charge is -2.14. The average molecular weight is 357 g/mol. The van der Waals surface area contributed by atoms with Crippen molar-refractivity contribution in [1.29, 1.82) is 0 Å². The highest BCUT2D eigenvalue weighted by Crippen LogP contribution is 2.23. The molecule has 1 aliphatic carbocycles. The van der Waals surface area contributed by atoms with Crippen LogP contribution in [0.5, 0.6) is 0 Å². The molecule has 1 unspecified atom stereocenters. The summed E-state index contributed by atoms with van der Waals surface area (Å²) in [5.74, 6) is 0.0176. The van der Waals surface area contributed by atoms with Crippen LogP contribution in [0.15, 0.2) is 47.1 Å². The Kier molecular flexibility index (Phi) is 6.22. The summed E-state index contributed by atoms with van der Waals surface area (Å²) in [4.78, 5) is 12.3. The first-order valence-corrected chi connectivity index (χ1v) is 9.58. The molecule has 1 heterocycles. The van der Waals surface area contributed by atoms with Crippen LogP contribution in [0.4, 0.5) is 0 Å². The van der Waals surface area contributed by atoms with Gasteiger partial charge in [0.25, 0.3) is 0 Å². The van der Waals surface area contributed by atoms with Crippen molar-refractivity contribution in [1.82, 2.24) is 25.5 Å². The smallest absolute Gasteiger partial charge is 0.233 e. The third-order valence-electron chi connectivity index (χ3n) is 4.22. The Bertz CT molecular complexity index is 728. The van der Waals surface area contributed by atoms with Crippen LogP contribution < -0.4 is 5.32 Å². The summed E-state index contributed by atoms with van der Waals surface area (Å²) in [5, 5.41) is 15.2. The van der Waals surface area contributed by atoms with Crippen molar-refractivity contribution in [3.05, 3.63) is 42.0 Å². The molecule has 6 nitrogen and oxygen atoms in total. The third-order valence-corrected chi connectivity index (χ3v) is 5.26. The minimum atomic E-state index is -0.256.